The van der Waals surface area contributed by atoms with Crippen molar-refractivity contribution in [1.82, 2.24) is 0 Å². The molecule has 156 valence electrons. The molecule has 0 aromatic heterocycles. The number of carboxylic acid groups (broad SMARTS) is 1. The third kappa shape index (κ3) is 6.31. The molecular formula is C23H28FNO4. The largest absolute Gasteiger partial charge is 0.481 e. The molecule has 0 heterocycles. The molecule has 29 heavy (non-hydrogen) atoms. The standard InChI is InChI=1S/C23H28FNO4/c1-16(14-23(2,3)21(26)27)12-18-10-11-19(24)20(13-18)25(4)22(28)29-15-17-8-6-5-7-9-17/h5-11,13,16H,12,14-15H2,1-4H3,(H,26,27). The molecule has 0 saturated carbocycles. The van der Waals surface area contributed by atoms with Gasteiger partial charge in [0, 0.05) is 7.05 Å². The van der Waals surface area contributed by atoms with Crippen LogP contribution >= 0.6 is 0 Å². The van der Waals surface area contributed by atoms with Gasteiger partial charge in [0.2, 0.25) is 0 Å². The van der Waals surface area contributed by atoms with Crippen molar-refractivity contribution in [1.29, 1.82) is 0 Å². The Morgan fingerprint density at radius 1 is 1.14 bits per heavy atom. The van der Waals surface area contributed by atoms with Crippen LogP contribution in [0.15, 0.2) is 48.5 Å². The van der Waals surface area contributed by atoms with Crippen molar-refractivity contribution in [3.8, 4) is 0 Å². The highest BCUT2D eigenvalue weighted by Crippen LogP contribution is 2.29. The van der Waals surface area contributed by atoms with Crippen molar-refractivity contribution < 1.29 is 23.8 Å². The molecule has 2 rings (SSSR count). The molecule has 6 heteroatoms. The van der Waals surface area contributed by atoms with Gasteiger partial charge in [-0.05, 0) is 55.9 Å². The Hall–Kier alpha value is -2.89. The summed E-state index contributed by atoms with van der Waals surface area (Å²) in [4.78, 5) is 24.8. The van der Waals surface area contributed by atoms with E-state index >= 15 is 0 Å². The highest BCUT2D eigenvalue weighted by atomic mass is 19.1. The number of nitrogens with zero attached hydrogens (tertiary/aromatic N) is 1. The number of benzene rings is 2. The van der Waals surface area contributed by atoms with Crippen molar-refractivity contribution >= 4 is 17.7 Å². The van der Waals surface area contributed by atoms with Crippen molar-refractivity contribution in [3.05, 3.63) is 65.5 Å². The smallest absolute Gasteiger partial charge is 0.414 e. The molecule has 0 aliphatic heterocycles. The molecular weight excluding hydrogens is 373 g/mol. The van der Waals surface area contributed by atoms with E-state index in [1.54, 1.807) is 26.0 Å². The van der Waals surface area contributed by atoms with Crippen LogP contribution in [0.3, 0.4) is 0 Å². The lowest BCUT2D eigenvalue weighted by molar-refractivity contribution is -0.147. The molecule has 0 radical (unpaired) electrons. The SMILES string of the molecule is CC(Cc1ccc(F)c(N(C)C(=O)OCc2ccccc2)c1)CC(C)(C)C(=O)O. The monoisotopic (exact) mass is 401 g/mol. The number of carbonyl (C=O) groups is 2. The fourth-order valence-corrected chi connectivity index (χ4v) is 3.29. The summed E-state index contributed by atoms with van der Waals surface area (Å²) in [5, 5.41) is 9.30. The van der Waals surface area contributed by atoms with E-state index in [-0.39, 0.29) is 18.2 Å². The van der Waals surface area contributed by atoms with Crippen molar-refractivity contribution in [2.75, 3.05) is 11.9 Å². The van der Waals surface area contributed by atoms with Crippen LogP contribution in [0.25, 0.3) is 0 Å². The van der Waals surface area contributed by atoms with Crippen LogP contribution in [0.2, 0.25) is 0 Å². The van der Waals surface area contributed by atoms with E-state index in [0.29, 0.717) is 12.8 Å². The fraction of sp³-hybridized carbons (Fsp3) is 0.391. The van der Waals surface area contributed by atoms with Gasteiger partial charge in [-0.25, -0.2) is 9.18 Å². The number of aliphatic carboxylic acids is 1. The van der Waals surface area contributed by atoms with Crippen LogP contribution in [0.5, 0.6) is 0 Å². The predicted molar refractivity (Wildman–Crippen MR) is 110 cm³/mol. The van der Waals surface area contributed by atoms with E-state index in [9.17, 15) is 19.1 Å². The number of rotatable bonds is 8. The van der Waals surface area contributed by atoms with Gasteiger partial charge < -0.3 is 9.84 Å². The van der Waals surface area contributed by atoms with Gasteiger partial charge in [0.25, 0.3) is 0 Å². The Morgan fingerprint density at radius 2 is 1.79 bits per heavy atom. The molecule has 2 aromatic carbocycles. The van der Waals surface area contributed by atoms with Gasteiger partial charge in [0.15, 0.2) is 0 Å². The lowest BCUT2D eigenvalue weighted by Crippen LogP contribution is -2.28. The summed E-state index contributed by atoms with van der Waals surface area (Å²) in [5.41, 5.74) is 0.974. The Bertz CT molecular complexity index is 851. The number of ether oxygens (including phenoxy) is 1. The summed E-state index contributed by atoms with van der Waals surface area (Å²) in [7, 11) is 1.46. The van der Waals surface area contributed by atoms with Gasteiger partial charge in [0.1, 0.15) is 12.4 Å². The van der Waals surface area contributed by atoms with E-state index in [4.69, 9.17) is 4.74 Å². The molecule has 5 nitrogen and oxygen atoms in total. The lowest BCUT2D eigenvalue weighted by atomic mass is 9.81. The molecule has 0 spiro atoms. The first kappa shape index (κ1) is 22.4. The first-order chi connectivity index (χ1) is 13.6. The normalized spacial score (nSPS) is 12.3. The Morgan fingerprint density at radius 3 is 2.41 bits per heavy atom. The maximum Gasteiger partial charge on any atom is 0.414 e. The summed E-state index contributed by atoms with van der Waals surface area (Å²) in [6.45, 7) is 5.45. The second kappa shape index (κ2) is 9.54. The van der Waals surface area contributed by atoms with Crippen LogP contribution in [-0.4, -0.2) is 24.2 Å². The third-order valence-electron chi connectivity index (χ3n) is 4.87. The summed E-state index contributed by atoms with van der Waals surface area (Å²) >= 11 is 0. The van der Waals surface area contributed by atoms with Crippen molar-refractivity contribution in [2.24, 2.45) is 11.3 Å². The molecule has 0 bridgehead atoms. The van der Waals surface area contributed by atoms with Crippen molar-refractivity contribution in [2.45, 2.75) is 40.2 Å². The average molecular weight is 401 g/mol. The minimum Gasteiger partial charge on any atom is -0.481 e. The molecule has 0 saturated heterocycles. The third-order valence-corrected chi connectivity index (χ3v) is 4.87. The summed E-state index contributed by atoms with van der Waals surface area (Å²) in [6, 6.07) is 13.8. The minimum absolute atomic E-state index is 0.0785. The van der Waals surface area contributed by atoms with Crippen LogP contribution in [0, 0.1) is 17.2 Å². The van der Waals surface area contributed by atoms with Gasteiger partial charge in [0.05, 0.1) is 11.1 Å². The Balaban J connectivity index is 2.05. The molecule has 1 N–H and O–H groups in total. The van der Waals surface area contributed by atoms with Gasteiger partial charge >= 0.3 is 12.1 Å². The van der Waals surface area contributed by atoms with Gasteiger partial charge in [-0.15, -0.1) is 0 Å². The van der Waals surface area contributed by atoms with Crippen molar-refractivity contribution in [3.63, 3.8) is 0 Å². The number of anilines is 1. The molecule has 1 amide bonds. The quantitative estimate of drug-likeness (QED) is 0.654. The van der Waals surface area contributed by atoms with Crippen LogP contribution in [0.1, 0.15) is 38.3 Å². The number of amides is 1. The zero-order chi connectivity index (χ0) is 21.6. The zero-order valence-corrected chi connectivity index (χ0v) is 17.3. The molecule has 0 aliphatic rings. The summed E-state index contributed by atoms with van der Waals surface area (Å²) in [5.74, 6) is -1.29. The lowest BCUT2D eigenvalue weighted by Gasteiger charge is -2.24. The second-order valence-electron chi connectivity index (χ2n) is 8.09. The molecule has 0 aliphatic carbocycles. The Labute approximate surface area is 171 Å². The number of carboxylic acids is 1. The molecule has 0 fully saturated rings. The number of halogens is 1. The minimum atomic E-state index is -0.843. The topological polar surface area (TPSA) is 66.8 Å². The first-order valence-electron chi connectivity index (χ1n) is 9.56. The predicted octanol–water partition coefficient (Wildman–Crippen LogP) is 5.28. The van der Waals surface area contributed by atoms with E-state index in [2.05, 4.69) is 0 Å². The van der Waals surface area contributed by atoms with Gasteiger partial charge in [-0.3, -0.25) is 9.69 Å². The average Bonchev–Trinajstić information content (AvgIpc) is 2.67. The summed E-state index contributed by atoms with van der Waals surface area (Å²) < 4.78 is 19.6. The van der Waals surface area contributed by atoms with E-state index in [0.717, 1.165) is 16.0 Å². The maximum atomic E-state index is 14.3. The first-order valence-corrected chi connectivity index (χ1v) is 9.56. The molecule has 1 unspecified atom stereocenters. The number of carbonyl (C=O) groups excluding carboxylic acids is 1. The molecule has 1 atom stereocenters. The molecule has 2 aromatic rings. The van der Waals surface area contributed by atoms with Crippen LogP contribution in [0.4, 0.5) is 14.9 Å². The second-order valence-corrected chi connectivity index (χ2v) is 8.09. The zero-order valence-electron chi connectivity index (χ0n) is 17.3. The van der Waals surface area contributed by atoms with Gasteiger partial charge in [-0.1, -0.05) is 43.3 Å². The highest BCUT2D eigenvalue weighted by molar-refractivity contribution is 5.87. The van der Waals surface area contributed by atoms with E-state index in [1.165, 1.54) is 13.1 Å². The maximum absolute atomic E-state index is 14.3. The Kier molecular flexibility index (Phi) is 7.37. The van der Waals surface area contributed by atoms with Crippen LogP contribution in [-0.2, 0) is 22.6 Å². The van der Waals surface area contributed by atoms with Gasteiger partial charge in [-0.2, -0.15) is 0 Å². The highest BCUT2D eigenvalue weighted by Gasteiger charge is 2.29. The van der Waals surface area contributed by atoms with E-state index < -0.39 is 23.3 Å². The number of hydrogen-bond donors (Lipinski definition) is 1. The summed E-state index contributed by atoms with van der Waals surface area (Å²) in [6.07, 6.45) is 0.422. The number of hydrogen-bond acceptors (Lipinski definition) is 3. The fourth-order valence-electron chi connectivity index (χ4n) is 3.29. The van der Waals surface area contributed by atoms with E-state index in [1.807, 2.05) is 37.3 Å². The van der Waals surface area contributed by atoms with Crippen LogP contribution < -0.4 is 4.90 Å².